The molecule has 4 amide bonds. The van der Waals surface area contributed by atoms with Gasteiger partial charge in [-0.25, -0.2) is 9.69 Å². The van der Waals surface area contributed by atoms with Gasteiger partial charge >= 0.3 is 6.03 Å². The first-order valence-electron chi connectivity index (χ1n) is 7.54. The van der Waals surface area contributed by atoms with Crippen LogP contribution >= 0.6 is 0 Å². The maximum atomic E-state index is 12.3. The van der Waals surface area contributed by atoms with Crippen LogP contribution in [0.25, 0.3) is 6.08 Å². The minimum absolute atomic E-state index is 0.0560. The Morgan fingerprint density at radius 2 is 2.04 bits per heavy atom. The van der Waals surface area contributed by atoms with Crippen molar-refractivity contribution < 1.29 is 24.2 Å². The molecule has 0 radical (unpaired) electrons. The normalized spacial score (nSPS) is 19.8. The summed E-state index contributed by atoms with van der Waals surface area (Å²) in [6.45, 7) is 1.51. The fourth-order valence-electron chi connectivity index (χ4n) is 2.54. The molecule has 2 heterocycles. The van der Waals surface area contributed by atoms with Gasteiger partial charge in [0.1, 0.15) is 18.0 Å². The van der Waals surface area contributed by atoms with Gasteiger partial charge in [-0.1, -0.05) is 12.1 Å². The first-order chi connectivity index (χ1) is 11.5. The number of benzene rings is 1. The van der Waals surface area contributed by atoms with E-state index in [0.29, 0.717) is 31.9 Å². The van der Waals surface area contributed by atoms with Crippen LogP contribution in [-0.4, -0.2) is 65.6 Å². The van der Waals surface area contributed by atoms with Gasteiger partial charge < -0.3 is 20.1 Å². The average Bonchev–Trinajstić information content (AvgIpc) is 2.83. The predicted octanol–water partition coefficient (Wildman–Crippen LogP) is 0.144. The summed E-state index contributed by atoms with van der Waals surface area (Å²) in [5.74, 6) is -0.800. The van der Waals surface area contributed by atoms with Crippen molar-refractivity contribution in [2.45, 2.75) is 0 Å². The van der Waals surface area contributed by atoms with E-state index in [2.05, 4.69) is 5.32 Å². The maximum Gasteiger partial charge on any atom is 0.329 e. The van der Waals surface area contributed by atoms with Crippen LogP contribution in [0, 0.1) is 0 Å². The van der Waals surface area contributed by atoms with Crippen LogP contribution in [0.5, 0.6) is 5.75 Å². The Kier molecular flexibility index (Phi) is 4.48. The number of imide groups is 1. The highest BCUT2D eigenvalue weighted by Crippen LogP contribution is 2.17. The second-order valence-electron chi connectivity index (χ2n) is 5.47. The summed E-state index contributed by atoms with van der Waals surface area (Å²) in [6.07, 6.45) is 1.46. The molecule has 2 aliphatic rings. The minimum atomic E-state index is -0.631. The topological polar surface area (TPSA) is 99.2 Å². The van der Waals surface area contributed by atoms with Crippen molar-refractivity contribution in [2.24, 2.45) is 0 Å². The zero-order chi connectivity index (χ0) is 17.1. The van der Waals surface area contributed by atoms with E-state index < -0.39 is 11.9 Å². The molecule has 3 rings (SSSR count). The lowest BCUT2D eigenvalue weighted by molar-refractivity contribution is -0.139. The SMILES string of the molecule is O=C(CN1C(=O)N/C(=C\c2cccc(O)c2)C1=O)N1CCOCC1. The molecule has 0 unspecified atom stereocenters. The molecule has 24 heavy (non-hydrogen) atoms. The lowest BCUT2D eigenvalue weighted by Crippen LogP contribution is -2.47. The molecular weight excluding hydrogens is 314 g/mol. The van der Waals surface area contributed by atoms with Crippen molar-refractivity contribution in [1.29, 1.82) is 0 Å². The highest BCUT2D eigenvalue weighted by molar-refractivity contribution is 6.15. The number of phenolic OH excluding ortho intramolecular Hbond substituents is 1. The number of hydrogen-bond acceptors (Lipinski definition) is 5. The second kappa shape index (κ2) is 6.71. The molecule has 1 aromatic rings. The van der Waals surface area contributed by atoms with Crippen molar-refractivity contribution in [2.75, 3.05) is 32.8 Å². The molecule has 2 saturated heterocycles. The highest BCUT2D eigenvalue weighted by Gasteiger charge is 2.36. The highest BCUT2D eigenvalue weighted by atomic mass is 16.5. The Labute approximate surface area is 138 Å². The predicted molar refractivity (Wildman–Crippen MR) is 83.7 cm³/mol. The van der Waals surface area contributed by atoms with E-state index in [0.717, 1.165) is 4.90 Å². The van der Waals surface area contributed by atoms with Gasteiger partial charge in [-0.05, 0) is 23.8 Å². The number of carbonyl (C=O) groups is 3. The fourth-order valence-corrected chi connectivity index (χ4v) is 2.54. The molecule has 0 saturated carbocycles. The van der Waals surface area contributed by atoms with Crippen molar-refractivity contribution in [1.82, 2.24) is 15.1 Å². The summed E-state index contributed by atoms with van der Waals surface area (Å²) in [7, 11) is 0. The van der Waals surface area contributed by atoms with E-state index >= 15 is 0 Å². The van der Waals surface area contributed by atoms with Gasteiger partial charge in [-0.2, -0.15) is 0 Å². The molecule has 0 bridgehead atoms. The Bertz CT molecular complexity index is 709. The van der Waals surface area contributed by atoms with Crippen molar-refractivity contribution in [3.8, 4) is 5.75 Å². The minimum Gasteiger partial charge on any atom is -0.508 e. The summed E-state index contributed by atoms with van der Waals surface area (Å²) in [4.78, 5) is 39.0. The summed E-state index contributed by atoms with van der Waals surface area (Å²) < 4.78 is 5.17. The number of rotatable bonds is 3. The summed E-state index contributed by atoms with van der Waals surface area (Å²) in [5.41, 5.74) is 0.639. The first kappa shape index (κ1) is 16.0. The fraction of sp³-hybridized carbons (Fsp3) is 0.312. The van der Waals surface area contributed by atoms with E-state index in [1.54, 1.807) is 17.0 Å². The van der Waals surface area contributed by atoms with E-state index in [1.165, 1.54) is 18.2 Å². The third-order valence-electron chi connectivity index (χ3n) is 3.80. The first-order valence-corrected chi connectivity index (χ1v) is 7.54. The van der Waals surface area contributed by atoms with E-state index in [9.17, 15) is 19.5 Å². The Morgan fingerprint density at radius 3 is 2.75 bits per heavy atom. The summed E-state index contributed by atoms with van der Waals surface area (Å²) in [5, 5.41) is 11.9. The zero-order valence-electron chi connectivity index (χ0n) is 12.9. The molecule has 8 nitrogen and oxygen atoms in total. The molecule has 0 aromatic heterocycles. The number of morpholine rings is 1. The lowest BCUT2D eigenvalue weighted by Gasteiger charge is -2.27. The number of phenols is 1. The Balaban J connectivity index is 1.71. The number of nitrogens with zero attached hydrogens (tertiary/aromatic N) is 2. The number of urea groups is 1. The number of aromatic hydroxyl groups is 1. The van der Waals surface area contributed by atoms with Crippen LogP contribution in [0.3, 0.4) is 0 Å². The van der Waals surface area contributed by atoms with Crippen LogP contribution in [0.2, 0.25) is 0 Å². The van der Waals surface area contributed by atoms with Gasteiger partial charge in [-0.15, -0.1) is 0 Å². The monoisotopic (exact) mass is 331 g/mol. The summed E-state index contributed by atoms with van der Waals surface area (Å²) >= 11 is 0. The molecule has 0 aliphatic carbocycles. The number of hydrogen-bond donors (Lipinski definition) is 2. The molecule has 0 atom stereocenters. The Morgan fingerprint density at radius 1 is 1.29 bits per heavy atom. The van der Waals surface area contributed by atoms with Gasteiger partial charge in [0.05, 0.1) is 13.2 Å². The second-order valence-corrected chi connectivity index (χ2v) is 5.47. The molecule has 1 aromatic carbocycles. The quantitative estimate of drug-likeness (QED) is 0.606. The molecule has 8 heteroatoms. The van der Waals surface area contributed by atoms with Crippen molar-refractivity contribution in [3.05, 3.63) is 35.5 Å². The maximum absolute atomic E-state index is 12.3. The number of amides is 4. The lowest BCUT2D eigenvalue weighted by atomic mass is 10.2. The van der Waals surface area contributed by atoms with Crippen LogP contribution in [-0.2, 0) is 14.3 Å². The van der Waals surface area contributed by atoms with Crippen molar-refractivity contribution in [3.63, 3.8) is 0 Å². The molecule has 2 fully saturated rings. The van der Waals surface area contributed by atoms with E-state index in [1.807, 2.05) is 0 Å². The smallest absolute Gasteiger partial charge is 0.329 e. The van der Waals surface area contributed by atoms with Crippen molar-refractivity contribution >= 4 is 23.9 Å². The van der Waals surface area contributed by atoms with Gasteiger partial charge in [0.2, 0.25) is 5.91 Å². The number of nitrogens with one attached hydrogen (secondary N) is 1. The standard InChI is InChI=1S/C16H17N3O5/c20-12-3-1-2-11(8-12)9-13-15(22)19(16(23)17-13)10-14(21)18-4-6-24-7-5-18/h1-3,8-9,20H,4-7,10H2,(H,17,23)/b13-9-. The van der Waals surface area contributed by atoms with Crippen LogP contribution in [0.4, 0.5) is 4.79 Å². The third kappa shape index (κ3) is 3.38. The zero-order valence-corrected chi connectivity index (χ0v) is 12.9. The molecule has 126 valence electrons. The Hall–Kier alpha value is -2.87. The van der Waals surface area contributed by atoms with Crippen LogP contribution in [0.1, 0.15) is 5.56 Å². The van der Waals surface area contributed by atoms with Gasteiger partial charge in [-0.3, -0.25) is 9.59 Å². The molecular formula is C16H17N3O5. The number of carbonyl (C=O) groups excluding carboxylic acids is 3. The van der Waals surface area contributed by atoms with Gasteiger partial charge in [0.15, 0.2) is 0 Å². The largest absolute Gasteiger partial charge is 0.508 e. The van der Waals surface area contributed by atoms with Crippen LogP contribution < -0.4 is 5.32 Å². The van der Waals surface area contributed by atoms with Crippen LogP contribution in [0.15, 0.2) is 30.0 Å². The summed E-state index contributed by atoms with van der Waals surface area (Å²) in [6, 6.07) is 5.65. The van der Waals surface area contributed by atoms with Gasteiger partial charge in [0.25, 0.3) is 5.91 Å². The number of ether oxygens (including phenoxy) is 1. The third-order valence-corrected chi connectivity index (χ3v) is 3.80. The molecule has 2 N–H and O–H groups in total. The average molecular weight is 331 g/mol. The van der Waals surface area contributed by atoms with E-state index in [-0.39, 0.29) is 23.9 Å². The van der Waals surface area contributed by atoms with Gasteiger partial charge in [0, 0.05) is 13.1 Å². The van der Waals surface area contributed by atoms with E-state index in [4.69, 9.17) is 4.74 Å². The molecule has 2 aliphatic heterocycles. The molecule has 0 spiro atoms.